The minimum atomic E-state index is -0.464. The Kier molecular flexibility index (Phi) is 6.02. The van der Waals surface area contributed by atoms with E-state index in [-0.39, 0.29) is 5.91 Å². The van der Waals surface area contributed by atoms with Gasteiger partial charge in [-0.25, -0.2) is 9.94 Å². The van der Waals surface area contributed by atoms with E-state index in [1.165, 1.54) is 6.20 Å². The minimum absolute atomic E-state index is 0.179. The van der Waals surface area contributed by atoms with Gasteiger partial charge in [0.2, 0.25) is 5.91 Å². The molecule has 0 spiro atoms. The van der Waals surface area contributed by atoms with E-state index in [2.05, 4.69) is 27.2 Å². The van der Waals surface area contributed by atoms with Crippen LogP contribution in [0.4, 0.5) is 17.1 Å². The number of hydrogen-bond acceptors (Lipinski definition) is 7. The number of allylic oxidation sites excluding steroid dienone is 1. The van der Waals surface area contributed by atoms with Crippen molar-refractivity contribution in [3.63, 3.8) is 0 Å². The highest BCUT2D eigenvalue weighted by Crippen LogP contribution is 2.33. The summed E-state index contributed by atoms with van der Waals surface area (Å²) in [4.78, 5) is 12.8. The molecule has 4 aromatic rings. The van der Waals surface area contributed by atoms with E-state index in [0.29, 0.717) is 28.2 Å². The number of benzene rings is 2. The summed E-state index contributed by atoms with van der Waals surface area (Å²) in [6.45, 7) is 3.83. The number of carbonyl (C=O) groups is 1. The molecule has 0 aliphatic carbocycles. The van der Waals surface area contributed by atoms with Gasteiger partial charge in [0.25, 0.3) is 0 Å². The topological polar surface area (TPSA) is 107 Å². The largest absolute Gasteiger partial charge is 0.457 e. The molecular formula is C27H25N7O2. The smallest absolute Gasteiger partial charge is 0.247 e. The zero-order valence-electron chi connectivity index (χ0n) is 20.1. The first-order chi connectivity index (χ1) is 17.4. The standard InChI is InChI=1S/C27H25N7O2/c1-17-13-23(32-33(17)3)27(35)31-24-16-34-26(18(24)2)25(19(14-28)15-29-34)30-20-9-11-22(12-10-20)36-21-7-5-4-6-8-21/h4-13,15-16,23,30,32H,1-3H3,(H,31,35). The lowest BCUT2D eigenvalue weighted by molar-refractivity contribution is -0.117. The Hall–Kier alpha value is -4.81. The minimum Gasteiger partial charge on any atom is -0.457 e. The number of ether oxygens (including phenoxy) is 1. The molecule has 2 aromatic carbocycles. The van der Waals surface area contributed by atoms with Gasteiger partial charge in [0.15, 0.2) is 0 Å². The predicted molar refractivity (Wildman–Crippen MR) is 138 cm³/mol. The van der Waals surface area contributed by atoms with E-state index in [1.54, 1.807) is 10.7 Å². The maximum absolute atomic E-state index is 12.8. The van der Waals surface area contributed by atoms with Crippen molar-refractivity contribution in [1.82, 2.24) is 20.0 Å². The summed E-state index contributed by atoms with van der Waals surface area (Å²) >= 11 is 0. The first-order valence-electron chi connectivity index (χ1n) is 11.4. The van der Waals surface area contributed by atoms with Gasteiger partial charge in [0, 0.05) is 24.0 Å². The molecule has 1 aliphatic heterocycles. The van der Waals surface area contributed by atoms with Crippen molar-refractivity contribution in [2.75, 3.05) is 17.7 Å². The SMILES string of the molecule is CC1=CC(C(=O)Nc2cn3ncc(C#N)c(Nc4ccc(Oc5ccccc5)cc4)c3c2C)NN1C. The van der Waals surface area contributed by atoms with E-state index < -0.39 is 6.04 Å². The van der Waals surface area contributed by atoms with Gasteiger partial charge in [-0.05, 0) is 56.3 Å². The van der Waals surface area contributed by atoms with Crippen LogP contribution in [0.1, 0.15) is 18.1 Å². The molecule has 3 heterocycles. The van der Waals surface area contributed by atoms with Crippen molar-refractivity contribution in [3.05, 3.63) is 89.9 Å². The maximum Gasteiger partial charge on any atom is 0.247 e. The second kappa shape index (κ2) is 9.44. The van der Waals surface area contributed by atoms with Gasteiger partial charge in [0.05, 0.1) is 34.8 Å². The summed E-state index contributed by atoms with van der Waals surface area (Å²) in [5.74, 6) is 1.28. The van der Waals surface area contributed by atoms with Crippen LogP contribution in [0.2, 0.25) is 0 Å². The fourth-order valence-electron chi connectivity index (χ4n) is 4.05. The fraction of sp³-hybridized carbons (Fsp3) is 0.148. The third kappa shape index (κ3) is 4.45. The number of nitriles is 1. The van der Waals surface area contributed by atoms with Gasteiger partial charge in [-0.2, -0.15) is 10.4 Å². The second-order valence-corrected chi connectivity index (χ2v) is 8.53. The number of nitrogens with one attached hydrogen (secondary N) is 3. The van der Waals surface area contributed by atoms with Crippen molar-refractivity contribution in [2.24, 2.45) is 0 Å². The van der Waals surface area contributed by atoms with E-state index in [0.717, 1.165) is 22.7 Å². The van der Waals surface area contributed by atoms with E-state index in [4.69, 9.17) is 4.74 Å². The monoisotopic (exact) mass is 479 g/mol. The van der Waals surface area contributed by atoms with Crippen molar-refractivity contribution in [2.45, 2.75) is 19.9 Å². The van der Waals surface area contributed by atoms with E-state index in [9.17, 15) is 10.1 Å². The molecule has 1 atom stereocenters. The number of aromatic nitrogens is 2. The molecule has 0 fully saturated rings. The van der Waals surface area contributed by atoms with Crippen molar-refractivity contribution in [3.8, 4) is 17.6 Å². The van der Waals surface area contributed by atoms with Crippen LogP contribution in [-0.2, 0) is 4.79 Å². The molecule has 0 radical (unpaired) electrons. The Morgan fingerprint density at radius 1 is 1.11 bits per heavy atom. The Bertz CT molecular complexity index is 1500. The Balaban J connectivity index is 1.41. The number of fused-ring (bicyclic) bond motifs is 1. The van der Waals surface area contributed by atoms with Crippen molar-refractivity contribution in [1.29, 1.82) is 5.26 Å². The molecule has 5 rings (SSSR count). The number of anilines is 3. The zero-order valence-corrected chi connectivity index (χ0v) is 20.1. The average molecular weight is 480 g/mol. The second-order valence-electron chi connectivity index (χ2n) is 8.53. The third-order valence-electron chi connectivity index (χ3n) is 6.09. The van der Waals surface area contributed by atoms with Crippen LogP contribution in [0.5, 0.6) is 11.5 Å². The highest BCUT2D eigenvalue weighted by Gasteiger charge is 2.25. The van der Waals surface area contributed by atoms with Gasteiger partial charge in [0.1, 0.15) is 23.6 Å². The predicted octanol–water partition coefficient (Wildman–Crippen LogP) is 4.71. The van der Waals surface area contributed by atoms with Crippen LogP contribution < -0.4 is 20.8 Å². The lowest BCUT2D eigenvalue weighted by Gasteiger charge is -2.16. The Morgan fingerprint density at radius 2 is 1.83 bits per heavy atom. The molecule has 3 N–H and O–H groups in total. The lowest BCUT2D eigenvalue weighted by atomic mass is 10.1. The molecule has 180 valence electrons. The van der Waals surface area contributed by atoms with Crippen LogP contribution in [0.15, 0.2) is 78.8 Å². The lowest BCUT2D eigenvalue weighted by Crippen LogP contribution is -2.41. The quantitative estimate of drug-likeness (QED) is 0.368. The van der Waals surface area contributed by atoms with Crippen LogP contribution in [0.25, 0.3) is 5.52 Å². The van der Waals surface area contributed by atoms with Gasteiger partial charge < -0.3 is 20.4 Å². The zero-order chi connectivity index (χ0) is 25.2. The number of rotatable bonds is 6. The number of hydrogen-bond donors (Lipinski definition) is 3. The van der Waals surface area contributed by atoms with Gasteiger partial charge in [-0.1, -0.05) is 18.2 Å². The number of carbonyl (C=O) groups excluding carboxylic acids is 1. The number of amides is 1. The Labute approximate surface area is 208 Å². The molecule has 1 aliphatic rings. The molecule has 9 heteroatoms. The van der Waals surface area contributed by atoms with Crippen LogP contribution in [-0.4, -0.2) is 33.6 Å². The first kappa shape index (κ1) is 23.0. The van der Waals surface area contributed by atoms with Gasteiger partial charge in [-0.15, -0.1) is 0 Å². The molecule has 1 amide bonds. The molecule has 0 bridgehead atoms. The maximum atomic E-state index is 12.8. The molecule has 0 saturated carbocycles. The summed E-state index contributed by atoms with van der Waals surface area (Å²) < 4.78 is 7.53. The van der Waals surface area contributed by atoms with Crippen LogP contribution in [0.3, 0.4) is 0 Å². The number of para-hydroxylation sites is 1. The van der Waals surface area contributed by atoms with Crippen LogP contribution in [0, 0.1) is 18.3 Å². The number of aryl methyl sites for hydroxylation is 1. The normalized spacial score (nSPS) is 14.9. The highest BCUT2D eigenvalue weighted by molar-refractivity contribution is 5.99. The van der Waals surface area contributed by atoms with E-state index >= 15 is 0 Å². The fourth-order valence-corrected chi connectivity index (χ4v) is 4.05. The highest BCUT2D eigenvalue weighted by atomic mass is 16.5. The summed E-state index contributed by atoms with van der Waals surface area (Å²) in [6, 6.07) is 18.8. The van der Waals surface area contributed by atoms with E-state index in [1.807, 2.05) is 86.6 Å². The molecule has 0 saturated heterocycles. The molecule has 1 unspecified atom stereocenters. The number of hydrazine groups is 1. The summed E-state index contributed by atoms with van der Waals surface area (Å²) in [6.07, 6.45) is 5.12. The van der Waals surface area contributed by atoms with Crippen LogP contribution >= 0.6 is 0 Å². The molecule has 36 heavy (non-hydrogen) atoms. The summed E-state index contributed by atoms with van der Waals surface area (Å²) in [7, 11) is 1.86. The summed E-state index contributed by atoms with van der Waals surface area (Å²) in [5, 5.41) is 22.3. The average Bonchev–Trinajstić information content (AvgIpc) is 3.39. The molecular weight excluding hydrogens is 454 g/mol. The van der Waals surface area contributed by atoms with Gasteiger partial charge in [-0.3, -0.25) is 4.79 Å². The van der Waals surface area contributed by atoms with Crippen molar-refractivity contribution >= 4 is 28.5 Å². The molecule has 2 aromatic heterocycles. The van der Waals surface area contributed by atoms with Crippen molar-refractivity contribution < 1.29 is 9.53 Å². The molecule has 9 nitrogen and oxygen atoms in total. The first-order valence-corrected chi connectivity index (χ1v) is 11.4. The Morgan fingerprint density at radius 3 is 2.50 bits per heavy atom. The van der Waals surface area contributed by atoms with Gasteiger partial charge >= 0.3 is 0 Å². The summed E-state index contributed by atoms with van der Waals surface area (Å²) in [5.41, 5.74) is 7.98. The number of nitrogens with zero attached hydrogens (tertiary/aromatic N) is 4. The third-order valence-corrected chi connectivity index (χ3v) is 6.09.